The second-order valence-corrected chi connectivity index (χ2v) is 13.2. The van der Waals surface area contributed by atoms with E-state index in [9.17, 15) is 32.5 Å². The number of benzene rings is 5. The molecule has 0 unspecified atom stereocenters. The van der Waals surface area contributed by atoms with Crippen LogP contribution in [0.2, 0.25) is 0 Å². The van der Waals surface area contributed by atoms with Crippen molar-refractivity contribution >= 4 is 26.2 Å². The van der Waals surface area contributed by atoms with Crippen molar-refractivity contribution in [1.29, 1.82) is 0 Å². The Hall–Kier alpha value is -5.36. The molecule has 3 N–H and O–H groups in total. The minimum absolute atomic E-state index is 0.0281. The fourth-order valence-corrected chi connectivity index (χ4v) is 6.73. The average Bonchev–Trinajstić information content (AvgIpc) is 3.13. The van der Waals surface area contributed by atoms with Crippen LogP contribution in [-0.2, 0) is 25.9 Å². The fraction of sp³-hybridized carbons (Fsp3) is 0.179. The van der Waals surface area contributed by atoms with Crippen LogP contribution in [0.15, 0.2) is 91.0 Å². The summed E-state index contributed by atoms with van der Waals surface area (Å²) in [5.41, 5.74) is 0.523. The molecule has 1 atom stereocenters. The third kappa shape index (κ3) is 7.87. The molecule has 5 aromatic carbocycles. The third-order valence-electron chi connectivity index (χ3n) is 9.22. The molecule has 0 aromatic heterocycles. The standard InChI is InChI=1S/C39H33F5N3O5P/c1-22-27-14-13-25(38(48)45-20-30-32(41)18-26(40)19-33(30)42)17-34(27)47(39(49)46(22)2)21-31-35(43)28(15-23-9-5-3-6-10-23)37(52-53(50)51)29(36(31)44)16-24-11-7-4-8-12-24/h3-14,17-19,22,50-51H,15-16,20-21H2,1-2H3,(H,45,48)/t22-/m0/s1. The molecule has 0 spiro atoms. The Morgan fingerprint density at radius 3 is 1.87 bits per heavy atom. The normalized spacial score (nSPS) is 14.1. The molecule has 6 rings (SSSR count). The summed E-state index contributed by atoms with van der Waals surface area (Å²) in [5.74, 6) is -6.77. The fourth-order valence-electron chi connectivity index (χ4n) is 6.35. The van der Waals surface area contributed by atoms with Gasteiger partial charge in [-0.2, -0.15) is 0 Å². The Bertz CT molecular complexity index is 2080. The Kier molecular flexibility index (Phi) is 11.1. The van der Waals surface area contributed by atoms with Crippen molar-refractivity contribution in [2.75, 3.05) is 11.9 Å². The molecule has 274 valence electrons. The number of nitrogens with zero attached hydrogens (tertiary/aromatic N) is 2. The zero-order valence-electron chi connectivity index (χ0n) is 28.4. The predicted octanol–water partition coefficient (Wildman–Crippen LogP) is 8.22. The Morgan fingerprint density at radius 1 is 0.792 bits per heavy atom. The Balaban J connectivity index is 1.44. The number of rotatable bonds is 11. The summed E-state index contributed by atoms with van der Waals surface area (Å²) in [6, 6.07) is 21.5. The van der Waals surface area contributed by atoms with E-state index in [0.29, 0.717) is 28.8 Å². The first-order chi connectivity index (χ1) is 25.3. The summed E-state index contributed by atoms with van der Waals surface area (Å²) >= 11 is 0. The van der Waals surface area contributed by atoms with E-state index in [2.05, 4.69) is 5.32 Å². The lowest BCUT2D eigenvalue weighted by Crippen LogP contribution is -2.47. The lowest BCUT2D eigenvalue weighted by molar-refractivity contribution is 0.0950. The van der Waals surface area contributed by atoms with Gasteiger partial charge in [-0.15, -0.1) is 0 Å². The number of hydrogen-bond donors (Lipinski definition) is 3. The quantitative estimate of drug-likeness (QED) is 0.0934. The van der Waals surface area contributed by atoms with Crippen LogP contribution in [-0.4, -0.2) is 33.7 Å². The van der Waals surface area contributed by atoms with E-state index in [-0.39, 0.29) is 41.0 Å². The number of halogens is 5. The van der Waals surface area contributed by atoms with Crippen LogP contribution in [0.1, 0.15) is 62.3 Å². The Labute approximate surface area is 303 Å². The largest absolute Gasteiger partial charge is 0.426 e. The Morgan fingerprint density at radius 2 is 1.34 bits per heavy atom. The number of anilines is 1. The molecular formula is C39H33F5N3O5P. The van der Waals surface area contributed by atoms with Gasteiger partial charge in [-0.05, 0) is 35.7 Å². The van der Waals surface area contributed by atoms with Gasteiger partial charge < -0.3 is 24.5 Å². The lowest BCUT2D eigenvalue weighted by atomic mass is 9.92. The molecule has 53 heavy (non-hydrogen) atoms. The highest BCUT2D eigenvalue weighted by Gasteiger charge is 2.36. The van der Waals surface area contributed by atoms with Crippen LogP contribution in [0.3, 0.4) is 0 Å². The zero-order chi connectivity index (χ0) is 38.0. The highest BCUT2D eigenvalue weighted by atomic mass is 31.2. The number of nitrogens with one attached hydrogen (secondary N) is 1. The highest BCUT2D eigenvalue weighted by Crippen LogP contribution is 2.43. The van der Waals surface area contributed by atoms with Crippen molar-refractivity contribution in [2.45, 2.75) is 38.9 Å². The first-order valence-electron chi connectivity index (χ1n) is 16.4. The number of urea groups is 1. The molecule has 14 heteroatoms. The molecule has 0 aliphatic carbocycles. The molecule has 0 radical (unpaired) electrons. The lowest BCUT2D eigenvalue weighted by Gasteiger charge is -2.40. The van der Waals surface area contributed by atoms with Crippen LogP contribution < -0.4 is 14.7 Å². The van der Waals surface area contributed by atoms with Gasteiger partial charge in [0.15, 0.2) is 0 Å². The number of hydrogen-bond acceptors (Lipinski definition) is 5. The maximum absolute atomic E-state index is 16.9. The summed E-state index contributed by atoms with van der Waals surface area (Å²) in [7, 11) is -1.58. The van der Waals surface area contributed by atoms with E-state index < -0.39 is 79.9 Å². The van der Waals surface area contributed by atoms with Crippen molar-refractivity contribution in [3.05, 3.63) is 165 Å². The number of fused-ring (bicyclic) bond motifs is 1. The van der Waals surface area contributed by atoms with Gasteiger partial charge in [0.1, 0.15) is 34.8 Å². The van der Waals surface area contributed by atoms with Crippen molar-refractivity contribution in [3.63, 3.8) is 0 Å². The number of carbonyl (C=O) groups excluding carboxylic acids is 2. The summed E-state index contributed by atoms with van der Waals surface area (Å²) in [5, 5.41) is 2.39. The summed E-state index contributed by atoms with van der Waals surface area (Å²) in [4.78, 5) is 49.5. The van der Waals surface area contributed by atoms with Crippen molar-refractivity contribution < 1.29 is 45.9 Å². The van der Waals surface area contributed by atoms with Crippen LogP contribution in [0.5, 0.6) is 5.75 Å². The molecule has 5 aromatic rings. The van der Waals surface area contributed by atoms with Crippen molar-refractivity contribution in [1.82, 2.24) is 10.2 Å². The highest BCUT2D eigenvalue weighted by molar-refractivity contribution is 7.39. The maximum atomic E-state index is 16.9. The maximum Gasteiger partial charge on any atom is 0.391 e. The van der Waals surface area contributed by atoms with Gasteiger partial charge in [0.2, 0.25) is 0 Å². The topological polar surface area (TPSA) is 102 Å². The van der Waals surface area contributed by atoms with Gasteiger partial charge in [0.25, 0.3) is 5.91 Å². The molecule has 1 aliphatic rings. The molecule has 1 aliphatic heterocycles. The minimum Gasteiger partial charge on any atom is -0.426 e. The summed E-state index contributed by atoms with van der Waals surface area (Å²) in [6.07, 6.45) is -0.247. The second kappa shape index (κ2) is 15.7. The monoisotopic (exact) mass is 749 g/mol. The van der Waals surface area contributed by atoms with E-state index in [4.69, 9.17) is 4.52 Å². The molecule has 3 amide bonds. The minimum atomic E-state index is -3.10. The molecule has 1 heterocycles. The van der Waals surface area contributed by atoms with Crippen LogP contribution in [0.25, 0.3) is 0 Å². The molecule has 8 nitrogen and oxygen atoms in total. The molecule has 0 bridgehead atoms. The van der Waals surface area contributed by atoms with Gasteiger partial charge in [0, 0.05) is 66.4 Å². The summed E-state index contributed by atoms with van der Waals surface area (Å²) in [6.45, 7) is 0.479. The molecule has 0 saturated heterocycles. The van der Waals surface area contributed by atoms with E-state index in [1.54, 1.807) is 73.7 Å². The van der Waals surface area contributed by atoms with Gasteiger partial charge in [-0.1, -0.05) is 66.7 Å². The summed E-state index contributed by atoms with van der Waals surface area (Å²) < 4.78 is 81.0. The van der Waals surface area contributed by atoms with Gasteiger partial charge in [-0.25, -0.2) is 26.7 Å². The van der Waals surface area contributed by atoms with Crippen molar-refractivity contribution in [2.24, 2.45) is 0 Å². The third-order valence-corrected chi connectivity index (χ3v) is 9.57. The van der Waals surface area contributed by atoms with Gasteiger partial charge in [0.05, 0.1) is 18.3 Å². The average molecular weight is 750 g/mol. The van der Waals surface area contributed by atoms with Crippen molar-refractivity contribution in [3.8, 4) is 5.75 Å². The second-order valence-electron chi connectivity index (χ2n) is 12.5. The first kappa shape index (κ1) is 37.4. The number of amides is 3. The molecule has 0 fully saturated rings. The van der Waals surface area contributed by atoms with Crippen LogP contribution >= 0.6 is 8.60 Å². The van der Waals surface area contributed by atoms with E-state index in [1.165, 1.54) is 24.1 Å². The van der Waals surface area contributed by atoms with Gasteiger partial charge in [-0.3, -0.25) is 9.69 Å². The molecule has 0 saturated carbocycles. The zero-order valence-corrected chi connectivity index (χ0v) is 29.3. The predicted molar refractivity (Wildman–Crippen MR) is 189 cm³/mol. The van der Waals surface area contributed by atoms with E-state index in [1.807, 2.05) is 0 Å². The van der Waals surface area contributed by atoms with E-state index in [0.717, 1.165) is 4.90 Å². The van der Waals surface area contributed by atoms with Crippen LogP contribution in [0, 0.1) is 29.1 Å². The molecular weight excluding hydrogens is 716 g/mol. The van der Waals surface area contributed by atoms with Gasteiger partial charge >= 0.3 is 14.6 Å². The number of carbonyl (C=O) groups is 2. The van der Waals surface area contributed by atoms with Crippen LogP contribution in [0.4, 0.5) is 32.4 Å². The first-order valence-corrected chi connectivity index (χ1v) is 17.6. The SMILES string of the molecule is C[C@H]1c2ccc(C(=O)NCc3c(F)cc(F)cc3F)cc2N(Cc2c(F)c(Cc3ccccc3)c(OP(O)O)c(Cc3ccccc3)c2F)C(=O)N1C. The van der Waals surface area contributed by atoms with E-state index >= 15 is 8.78 Å². The smallest absolute Gasteiger partial charge is 0.391 e.